The van der Waals surface area contributed by atoms with Crippen LogP contribution >= 0.6 is 11.3 Å². The summed E-state index contributed by atoms with van der Waals surface area (Å²) in [6.45, 7) is 4.26. The fraction of sp³-hybridized carbons (Fsp3) is 0.357. The third-order valence-corrected chi connectivity index (χ3v) is 3.70. The van der Waals surface area contributed by atoms with Gasteiger partial charge in [-0.2, -0.15) is 0 Å². The van der Waals surface area contributed by atoms with E-state index in [1.54, 1.807) is 12.1 Å². The van der Waals surface area contributed by atoms with Gasteiger partial charge in [-0.25, -0.2) is 9.37 Å². The first-order valence-corrected chi connectivity index (χ1v) is 6.92. The Balaban J connectivity index is 2.46. The van der Waals surface area contributed by atoms with Crippen LogP contribution in [-0.4, -0.2) is 12.1 Å². The number of nitrogens with two attached hydrogens (primary N) is 1. The highest BCUT2D eigenvalue weighted by Crippen LogP contribution is 2.35. The van der Waals surface area contributed by atoms with E-state index in [2.05, 4.69) is 18.8 Å². The van der Waals surface area contributed by atoms with Gasteiger partial charge in [-0.1, -0.05) is 31.3 Å². The number of methoxy groups -OCH3 is 1. The predicted molar refractivity (Wildman–Crippen MR) is 77.0 cm³/mol. The van der Waals surface area contributed by atoms with Gasteiger partial charge in [0.15, 0.2) is 16.7 Å². The number of hydrogen-bond donors (Lipinski definition) is 1. The van der Waals surface area contributed by atoms with Crippen LogP contribution in [0.15, 0.2) is 18.2 Å². The molecule has 0 aliphatic heterocycles. The van der Waals surface area contributed by atoms with Crippen molar-refractivity contribution in [3.8, 4) is 16.2 Å². The Hall–Kier alpha value is -1.62. The minimum absolute atomic E-state index is 0.236. The van der Waals surface area contributed by atoms with E-state index in [-0.39, 0.29) is 11.6 Å². The zero-order valence-electron chi connectivity index (χ0n) is 11.2. The molecule has 3 nitrogen and oxygen atoms in total. The van der Waals surface area contributed by atoms with Gasteiger partial charge in [0.1, 0.15) is 0 Å². The third kappa shape index (κ3) is 3.04. The lowest BCUT2D eigenvalue weighted by atomic mass is 10.0. The Morgan fingerprint density at radius 3 is 2.79 bits per heavy atom. The van der Waals surface area contributed by atoms with Crippen LogP contribution in [0.3, 0.4) is 0 Å². The van der Waals surface area contributed by atoms with E-state index in [1.807, 2.05) is 0 Å². The van der Waals surface area contributed by atoms with Gasteiger partial charge in [-0.15, -0.1) is 0 Å². The number of halogens is 1. The van der Waals surface area contributed by atoms with Gasteiger partial charge in [0.25, 0.3) is 0 Å². The van der Waals surface area contributed by atoms with Crippen molar-refractivity contribution in [1.29, 1.82) is 0 Å². The molecule has 0 bridgehead atoms. The van der Waals surface area contributed by atoms with Crippen LogP contribution in [-0.2, 0) is 6.42 Å². The standard InChI is InChI=1S/C14H17FN2OS/c1-8(2)6-11-13(19-14(16)17-11)9-4-5-10(15)12(7-9)18-3/h4-5,7-8H,6H2,1-3H3,(H2,16,17). The summed E-state index contributed by atoms with van der Waals surface area (Å²) in [5, 5.41) is 0.536. The smallest absolute Gasteiger partial charge is 0.180 e. The minimum atomic E-state index is -0.367. The van der Waals surface area contributed by atoms with Crippen molar-refractivity contribution >= 4 is 16.5 Å². The van der Waals surface area contributed by atoms with Crippen molar-refractivity contribution in [2.24, 2.45) is 5.92 Å². The van der Waals surface area contributed by atoms with Crippen LogP contribution in [0.5, 0.6) is 5.75 Å². The van der Waals surface area contributed by atoms with Crippen molar-refractivity contribution in [2.75, 3.05) is 12.8 Å². The quantitative estimate of drug-likeness (QED) is 0.928. The van der Waals surface area contributed by atoms with Crippen molar-refractivity contribution in [2.45, 2.75) is 20.3 Å². The van der Waals surface area contributed by atoms with E-state index < -0.39 is 0 Å². The molecule has 0 radical (unpaired) electrons. The number of benzene rings is 1. The third-order valence-electron chi connectivity index (χ3n) is 2.73. The van der Waals surface area contributed by atoms with Gasteiger partial charge in [-0.05, 0) is 30.0 Å². The molecule has 19 heavy (non-hydrogen) atoms. The molecule has 0 saturated carbocycles. The average Bonchev–Trinajstić information content (AvgIpc) is 2.70. The Kier molecular flexibility index (Phi) is 4.04. The molecule has 1 aromatic carbocycles. The van der Waals surface area contributed by atoms with Crippen LogP contribution in [0.2, 0.25) is 0 Å². The zero-order valence-corrected chi connectivity index (χ0v) is 12.1. The maximum Gasteiger partial charge on any atom is 0.180 e. The molecular formula is C14H17FN2OS. The first-order valence-electron chi connectivity index (χ1n) is 6.10. The van der Waals surface area contributed by atoms with E-state index in [9.17, 15) is 4.39 Å². The fourth-order valence-corrected chi connectivity index (χ4v) is 2.78. The lowest BCUT2D eigenvalue weighted by Gasteiger charge is -2.07. The molecule has 1 aromatic heterocycles. The maximum atomic E-state index is 13.4. The molecule has 0 amide bonds. The number of nitrogen functional groups attached to an aromatic ring is 1. The average molecular weight is 280 g/mol. The molecule has 2 aromatic rings. The molecule has 0 aliphatic carbocycles. The van der Waals surface area contributed by atoms with Gasteiger partial charge in [0.05, 0.1) is 17.7 Å². The van der Waals surface area contributed by atoms with Gasteiger partial charge in [0.2, 0.25) is 0 Å². The molecule has 0 aliphatic rings. The van der Waals surface area contributed by atoms with Crippen LogP contribution in [0, 0.1) is 11.7 Å². The molecule has 0 spiro atoms. The molecule has 2 rings (SSSR count). The second-order valence-corrected chi connectivity index (χ2v) is 5.81. The van der Waals surface area contributed by atoms with Crippen LogP contribution in [0.1, 0.15) is 19.5 Å². The first kappa shape index (κ1) is 13.8. The lowest BCUT2D eigenvalue weighted by molar-refractivity contribution is 0.387. The largest absolute Gasteiger partial charge is 0.494 e. The van der Waals surface area contributed by atoms with Gasteiger partial charge >= 0.3 is 0 Å². The summed E-state index contributed by atoms with van der Waals surface area (Å²) < 4.78 is 18.5. The molecule has 0 fully saturated rings. The minimum Gasteiger partial charge on any atom is -0.494 e. The van der Waals surface area contributed by atoms with Crippen molar-refractivity contribution < 1.29 is 9.13 Å². The van der Waals surface area contributed by atoms with Gasteiger partial charge < -0.3 is 10.5 Å². The molecule has 102 valence electrons. The first-order chi connectivity index (χ1) is 9.01. The summed E-state index contributed by atoms with van der Waals surface area (Å²) >= 11 is 1.42. The highest BCUT2D eigenvalue weighted by atomic mass is 32.1. The fourth-order valence-electron chi connectivity index (χ4n) is 1.92. The molecule has 0 unspecified atom stereocenters. The molecular weight excluding hydrogens is 263 g/mol. The number of hydrogen-bond acceptors (Lipinski definition) is 4. The van der Waals surface area contributed by atoms with Gasteiger partial charge in [0, 0.05) is 0 Å². The second-order valence-electron chi connectivity index (χ2n) is 4.78. The number of thiazole rings is 1. The number of anilines is 1. The Labute approximate surface area is 116 Å². The molecule has 0 saturated heterocycles. The predicted octanol–water partition coefficient (Wildman–Crippen LogP) is 3.74. The highest BCUT2D eigenvalue weighted by Gasteiger charge is 2.15. The normalized spacial score (nSPS) is 11.0. The SMILES string of the molecule is COc1cc(-c2sc(N)nc2CC(C)C)ccc1F. The summed E-state index contributed by atoms with van der Waals surface area (Å²) in [6.07, 6.45) is 0.850. The van der Waals surface area contributed by atoms with Crippen molar-refractivity contribution in [3.05, 3.63) is 29.7 Å². The van der Waals surface area contributed by atoms with Crippen LogP contribution < -0.4 is 10.5 Å². The Morgan fingerprint density at radius 1 is 1.42 bits per heavy atom. The molecule has 1 heterocycles. The van der Waals surface area contributed by atoms with Crippen molar-refractivity contribution in [3.63, 3.8) is 0 Å². The molecule has 0 atom stereocenters. The van der Waals surface area contributed by atoms with E-state index in [4.69, 9.17) is 10.5 Å². The highest BCUT2D eigenvalue weighted by molar-refractivity contribution is 7.18. The Bertz CT molecular complexity index is 581. The summed E-state index contributed by atoms with van der Waals surface area (Å²) in [7, 11) is 1.46. The van der Waals surface area contributed by atoms with Gasteiger partial charge in [-0.3, -0.25) is 0 Å². The number of rotatable bonds is 4. The van der Waals surface area contributed by atoms with Crippen molar-refractivity contribution in [1.82, 2.24) is 4.98 Å². The Morgan fingerprint density at radius 2 is 2.16 bits per heavy atom. The maximum absolute atomic E-state index is 13.4. The monoisotopic (exact) mass is 280 g/mol. The van der Waals surface area contributed by atoms with E-state index in [1.165, 1.54) is 24.5 Å². The zero-order chi connectivity index (χ0) is 14.0. The number of ether oxygens (including phenoxy) is 1. The molecule has 5 heteroatoms. The lowest BCUT2D eigenvalue weighted by Crippen LogP contribution is -1.97. The van der Waals surface area contributed by atoms with E-state index >= 15 is 0 Å². The van der Waals surface area contributed by atoms with Crippen LogP contribution in [0.25, 0.3) is 10.4 Å². The summed E-state index contributed by atoms with van der Waals surface area (Å²) in [5.41, 5.74) is 7.65. The topological polar surface area (TPSA) is 48.1 Å². The summed E-state index contributed by atoms with van der Waals surface area (Å²) in [6, 6.07) is 4.82. The number of aromatic nitrogens is 1. The second kappa shape index (κ2) is 5.57. The summed E-state index contributed by atoms with van der Waals surface area (Å²) in [4.78, 5) is 5.36. The number of nitrogens with zero attached hydrogens (tertiary/aromatic N) is 1. The van der Waals surface area contributed by atoms with E-state index in [0.29, 0.717) is 11.0 Å². The van der Waals surface area contributed by atoms with E-state index in [0.717, 1.165) is 22.6 Å². The summed E-state index contributed by atoms with van der Waals surface area (Å²) in [5.74, 6) is 0.358. The van der Waals surface area contributed by atoms with Crippen LogP contribution in [0.4, 0.5) is 9.52 Å². The molecule has 2 N–H and O–H groups in total.